The number of pyridine rings is 1. The van der Waals surface area contributed by atoms with Crippen LogP contribution < -0.4 is 16.7 Å². The Hall–Kier alpha value is -1.66. The zero-order valence-electron chi connectivity index (χ0n) is 8.81. The van der Waals surface area contributed by atoms with Crippen LogP contribution in [0.25, 0.3) is 10.9 Å². The molecule has 1 heterocycles. The van der Waals surface area contributed by atoms with Crippen LogP contribution in [-0.2, 0) is 11.3 Å². The fourth-order valence-electron chi connectivity index (χ4n) is 1.62. The van der Waals surface area contributed by atoms with Crippen LogP contribution >= 0.6 is 15.9 Å². The third-order valence-electron chi connectivity index (χ3n) is 2.42. The SMILES string of the molecule is NNC(=O)Cn1ccc(=O)c2ccc(Br)cc21. The number of aromatic nitrogens is 1. The fraction of sp³-hybridized carbons (Fsp3) is 0.0909. The van der Waals surface area contributed by atoms with Gasteiger partial charge in [0.1, 0.15) is 6.54 Å². The first-order valence-electron chi connectivity index (χ1n) is 4.90. The van der Waals surface area contributed by atoms with Crippen molar-refractivity contribution in [1.29, 1.82) is 0 Å². The van der Waals surface area contributed by atoms with Crippen molar-refractivity contribution < 1.29 is 4.79 Å². The van der Waals surface area contributed by atoms with Gasteiger partial charge in [0.05, 0.1) is 5.52 Å². The first-order valence-corrected chi connectivity index (χ1v) is 5.69. The highest BCUT2D eigenvalue weighted by Gasteiger charge is 2.06. The number of carbonyl (C=O) groups is 1. The topological polar surface area (TPSA) is 77.1 Å². The van der Waals surface area contributed by atoms with Gasteiger partial charge in [0, 0.05) is 22.1 Å². The second-order valence-corrected chi connectivity index (χ2v) is 4.45. The minimum atomic E-state index is -0.324. The first kappa shape index (κ1) is 11.8. The summed E-state index contributed by atoms with van der Waals surface area (Å²) < 4.78 is 2.52. The minimum absolute atomic E-state index is 0.0723. The lowest BCUT2D eigenvalue weighted by atomic mass is 10.2. The molecule has 0 aliphatic rings. The predicted octanol–water partition coefficient (Wildman–Crippen LogP) is 0.754. The summed E-state index contributed by atoms with van der Waals surface area (Å²) in [5, 5.41) is 0.570. The van der Waals surface area contributed by atoms with Gasteiger partial charge in [-0.05, 0) is 18.2 Å². The Kier molecular flexibility index (Phi) is 3.26. The van der Waals surface area contributed by atoms with Crippen LogP contribution in [0.1, 0.15) is 0 Å². The molecule has 1 amide bonds. The lowest BCUT2D eigenvalue weighted by Gasteiger charge is -2.09. The van der Waals surface area contributed by atoms with Gasteiger partial charge >= 0.3 is 0 Å². The highest BCUT2D eigenvalue weighted by molar-refractivity contribution is 9.10. The molecule has 0 aliphatic carbocycles. The van der Waals surface area contributed by atoms with Gasteiger partial charge in [-0.3, -0.25) is 15.0 Å². The maximum Gasteiger partial charge on any atom is 0.253 e. The van der Waals surface area contributed by atoms with Crippen molar-refractivity contribution in [2.24, 2.45) is 5.84 Å². The summed E-state index contributed by atoms with van der Waals surface area (Å²) >= 11 is 3.33. The smallest absolute Gasteiger partial charge is 0.253 e. The average molecular weight is 296 g/mol. The highest BCUT2D eigenvalue weighted by Crippen LogP contribution is 2.17. The van der Waals surface area contributed by atoms with Gasteiger partial charge in [0.2, 0.25) is 0 Å². The van der Waals surface area contributed by atoms with E-state index in [1.807, 2.05) is 0 Å². The summed E-state index contributed by atoms with van der Waals surface area (Å²) in [4.78, 5) is 22.9. The molecule has 2 aromatic rings. The summed E-state index contributed by atoms with van der Waals surface area (Å²) in [6, 6.07) is 6.73. The summed E-state index contributed by atoms with van der Waals surface area (Å²) in [7, 11) is 0. The normalized spacial score (nSPS) is 10.5. The summed E-state index contributed by atoms with van der Waals surface area (Å²) in [5.41, 5.74) is 2.68. The third-order valence-corrected chi connectivity index (χ3v) is 2.91. The van der Waals surface area contributed by atoms with E-state index in [-0.39, 0.29) is 17.9 Å². The van der Waals surface area contributed by atoms with Gasteiger partial charge < -0.3 is 4.57 Å². The molecule has 0 spiro atoms. The molecule has 1 aromatic carbocycles. The van der Waals surface area contributed by atoms with E-state index >= 15 is 0 Å². The Balaban J connectivity index is 2.64. The van der Waals surface area contributed by atoms with Gasteiger partial charge in [-0.15, -0.1) is 0 Å². The van der Waals surface area contributed by atoms with Crippen LogP contribution in [0.3, 0.4) is 0 Å². The van der Waals surface area contributed by atoms with Crippen LogP contribution in [0.5, 0.6) is 0 Å². The molecule has 0 atom stereocenters. The van der Waals surface area contributed by atoms with Crippen molar-refractivity contribution >= 4 is 32.7 Å². The second-order valence-electron chi connectivity index (χ2n) is 3.54. The highest BCUT2D eigenvalue weighted by atomic mass is 79.9. The quantitative estimate of drug-likeness (QED) is 0.488. The lowest BCUT2D eigenvalue weighted by Crippen LogP contribution is -2.33. The second kappa shape index (κ2) is 4.68. The van der Waals surface area contributed by atoms with E-state index in [0.717, 1.165) is 4.47 Å². The minimum Gasteiger partial charge on any atom is -0.338 e. The molecule has 0 fully saturated rings. The van der Waals surface area contributed by atoms with Gasteiger partial charge in [-0.2, -0.15) is 0 Å². The number of hydrazine groups is 1. The molecule has 2 rings (SSSR count). The average Bonchev–Trinajstić information content (AvgIpc) is 2.32. The number of halogens is 1. The van der Waals surface area contributed by atoms with Gasteiger partial charge in [0.15, 0.2) is 5.43 Å². The van der Waals surface area contributed by atoms with Gasteiger partial charge in [-0.25, -0.2) is 5.84 Å². The number of amides is 1. The number of carbonyl (C=O) groups excluding carboxylic acids is 1. The monoisotopic (exact) mass is 295 g/mol. The number of nitrogens with two attached hydrogens (primary N) is 1. The largest absolute Gasteiger partial charge is 0.338 e. The lowest BCUT2D eigenvalue weighted by molar-refractivity contribution is -0.121. The van der Waals surface area contributed by atoms with Crippen molar-refractivity contribution in [3.8, 4) is 0 Å². The summed E-state index contributed by atoms with van der Waals surface area (Å²) in [6.07, 6.45) is 1.58. The van der Waals surface area contributed by atoms with Gasteiger partial charge in [0.25, 0.3) is 5.91 Å². The Morgan fingerprint density at radius 1 is 1.41 bits per heavy atom. The number of nitrogens with zero attached hydrogens (tertiary/aromatic N) is 1. The van der Waals surface area contributed by atoms with E-state index in [9.17, 15) is 9.59 Å². The molecule has 6 heteroatoms. The van der Waals surface area contributed by atoms with E-state index in [2.05, 4.69) is 21.4 Å². The molecule has 88 valence electrons. The number of nitrogens with one attached hydrogen (secondary N) is 1. The molecule has 0 saturated heterocycles. The number of fused-ring (bicyclic) bond motifs is 1. The van der Waals surface area contributed by atoms with Crippen molar-refractivity contribution in [2.45, 2.75) is 6.54 Å². The zero-order chi connectivity index (χ0) is 12.4. The van der Waals surface area contributed by atoms with Crippen LogP contribution in [0.4, 0.5) is 0 Å². The Morgan fingerprint density at radius 3 is 2.88 bits per heavy atom. The number of rotatable bonds is 2. The molecule has 3 N–H and O–H groups in total. The van der Waals surface area contributed by atoms with Gasteiger partial charge in [-0.1, -0.05) is 15.9 Å². The van der Waals surface area contributed by atoms with E-state index in [1.54, 1.807) is 29.0 Å². The Morgan fingerprint density at radius 2 is 2.18 bits per heavy atom. The van der Waals surface area contributed by atoms with E-state index in [4.69, 9.17) is 5.84 Å². The van der Waals surface area contributed by atoms with Crippen LogP contribution in [0.2, 0.25) is 0 Å². The van der Waals surface area contributed by atoms with E-state index < -0.39 is 0 Å². The zero-order valence-corrected chi connectivity index (χ0v) is 10.4. The maximum atomic E-state index is 11.6. The number of benzene rings is 1. The molecule has 1 aromatic heterocycles. The van der Waals surface area contributed by atoms with E-state index in [0.29, 0.717) is 10.9 Å². The number of hydrogen-bond acceptors (Lipinski definition) is 3. The summed E-state index contributed by atoms with van der Waals surface area (Å²) in [5.74, 6) is 4.72. The predicted molar refractivity (Wildman–Crippen MR) is 68.2 cm³/mol. The molecule has 17 heavy (non-hydrogen) atoms. The molecule has 5 nitrogen and oxygen atoms in total. The van der Waals surface area contributed by atoms with Crippen molar-refractivity contribution in [1.82, 2.24) is 9.99 Å². The van der Waals surface area contributed by atoms with Crippen molar-refractivity contribution in [2.75, 3.05) is 0 Å². The molecular weight excluding hydrogens is 286 g/mol. The molecule has 0 saturated carbocycles. The Bertz CT molecular complexity index is 636. The first-order chi connectivity index (χ1) is 8.11. The summed E-state index contributed by atoms with van der Waals surface area (Å²) in [6.45, 7) is 0.0731. The molecule has 0 unspecified atom stereocenters. The Labute approximate surface area is 105 Å². The molecule has 0 bridgehead atoms. The van der Waals surface area contributed by atoms with Crippen molar-refractivity contribution in [3.63, 3.8) is 0 Å². The van der Waals surface area contributed by atoms with Crippen LogP contribution in [0.15, 0.2) is 39.7 Å². The number of hydrogen-bond donors (Lipinski definition) is 2. The van der Waals surface area contributed by atoms with Crippen LogP contribution in [-0.4, -0.2) is 10.5 Å². The van der Waals surface area contributed by atoms with Crippen LogP contribution in [0, 0.1) is 0 Å². The standard InChI is InChI=1S/C11H10BrN3O2/c12-7-1-2-8-9(5-7)15(4-3-10(8)16)6-11(17)14-13/h1-5H,6,13H2,(H,14,17). The third kappa shape index (κ3) is 2.37. The van der Waals surface area contributed by atoms with E-state index in [1.165, 1.54) is 6.07 Å². The van der Waals surface area contributed by atoms with Crippen molar-refractivity contribution in [3.05, 3.63) is 45.2 Å². The fourth-order valence-corrected chi connectivity index (χ4v) is 1.97. The maximum absolute atomic E-state index is 11.6. The molecular formula is C11H10BrN3O2. The molecule has 0 radical (unpaired) electrons. The molecule has 0 aliphatic heterocycles.